The van der Waals surface area contributed by atoms with Gasteiger partial charge in [-0.3, -0.25) is 10.9 Å². The van der Waals surface area contributed by atoms with Crippen LogP contribution in [-0.2, 0) is 6.54 Å². The minimum Gasteiger partial charge on any atom is -0.497 e. The number of nitrogens with two attached hydrogens (primary N) is 1. The third-order valence-electron chi connectivity index (χ3n) is 2.37. The molecule has 0 saturated heterocycles. The molecule has 0 aromatic heterocycles. The van der Waals surface area contributed by atoms with Crippen LogP contribution in [0.2, 0.25) is 0 Å². The second-order valence-electron chi connectivity index (χ2n) is 4.13. The highest BCUT2D eigenvalue weighted by atomic mass is 32.1. The SMILES string of the molecule is COc1ccc(CNC(=S)N/N=C/C(C)=N/NC(N)=S)cc1. The zero-order valence-corrected chi connectivity index (χ0v) is 13.9. The molecule has 0 heterocycles. The van der Waals surface area contributed by atoms with Gasteiger partial charge in [0.1, 0.15) is 5.75 Å². The van der Waals surface area contributed by atoms with Crippen LogP contribution in [0.25, 0.3) is 0 Å². The predicted molar refractivity (Wildman–Crippen MR) is 97.1 cm³/mol. The van der Waals surface area contributed by atoms with Crippen LogP contribution in [0.5, 0.6) is 5.75 Å². The summed E-state index contributed by atoms with van der Waals surface area (Å²) >= 11 is 9.73. The number of nitrogens with one attached hydrogen (secondary N) is 3. The zero-order chi connectivity index (χ0) is 16.4. The lowest BCUT2D eigenvalue weighted by Crippen LogP contribution is -2.31. The Balaban J connectivity index is 2.33. The van der Waals surface area contributed by atoms with Gasteiger partial charge in [-0.1, -0.05) is 12.1 Å². The summed E-state index contributed by atoms with van der Waals surface area (Å²) in [7, 11) is 1.63. The van der Waals surface area contributed by atoms with Gasteiger partial charge in [0.05, 0.1) is 19.0 Å². The van der Waals surface area contributed by atoms with Gasteiger partial charge in [0, 0.05) is 6.54 Å². The Morgan fingerprint density at radius 1 is 1.27 bits per heavy atom. The Hall–Kier alpha value is -2.26. The van der Waals surface area contributed by atoms with Crippen molar-refractivity contribution < 1.29 is 4.74 Å². The van der Waals surface area contributed by atoms with Crippen molar-refractivity contribution in [1.82, 2.24) is 16.2 Å². The van der Waals surface area contributed by atoms with Crippen LogP contribution in [0.4, 0.5) is 0 Å². The van der Waals surface area contributed by atoms with Crippen molar-refractivity contribution in [2.45, 2.75) is 13.5 Å². The monoisotopic (exact) mass is 338 g/mol. The summed E-state index contributed by atoms with van der Waals surface area (Å²) in [6.45, 7) is 2.33. The fraction of sp³-hybridized carbons (Fsp3) is 0.231. The van der Waals surface area contributed by atoms with Gasteiger partial charge in [0.2, 0.25) is 0 Å². The first kappa shape index (κ1) is 17.8. The van der Waals surface area contributed by atoms with Gasteiger partial charge >= 0.3 is 0 Å². The maximum atomic E-state index is 5.25. The number of nitrogens with zero attached hydrogens (tertiary/aromatic N) is 2. The summed E-state index contributed by atoms with van der Waals surface area (Å²) in [4.78, 5) is 0. The molecule has 0 bridgehead atoms. The number of rotatable bonds is 6. The smallest absolute Gasteiger partial charge is 0.187 e. The van der Waals surface area contributed by atoms with E-state index in [2.05, 4.69) is 38.6 Å². The van der Waals surface area contributed by atoms with E-state index in [1.54, 1.807) is 14.0 Å². The number of hydrazone groups is 2. The number of hydrogen-bond donors (Lipinski definition) is 4. The highest BCUT2D eigenvalue weighted by molar-refractivity contribution is 7.80. The second kappa shape index (κ2) is 9.64. The van der Waals surface area contributed by atoms with Crippen molar-refractivity contribution in [2.75, 3.05) is 7.11 Å². The van der Waals surface area contributed by atoms with E-state index in [1.165, 1.54) is 6.21 Å². The Morgan fingerprint density at radius 3 is 2.55 bits per heavy atom. The molecular weight excluding hydrogens is 320 g/mol. The van der Waals surface area contributed by atoms with Crippen LogP contribution < -0.4 is 26.6 Å². The van der Waals surface area contributed by atoms with Crippen LogP contribution in [0.3, 0.4) is 0 Å². The molecule has 0 amide bonds. The predicted octanol–water partition coefficient (Wildman–Crippen LogP) is 0.854. The molecule has 0 aliphatic heterocycles. The molecule has 0 saturated carbocycles. The first-order valence-electron chi connectivity index (χ1n) is 6.31. The molecule has 1 aromatic rings. The molecule has 7 nitrogen and oxygen atoms in total. The van der Waals surface area contributed by atoms with Crippen molar-refractivity contribution in [3.8, 4) is 5.75 Å². The summed E-state index contributed by atoms with van der Waals surface area (Å²) in [6.07, 6.45) is 1.49. The van der Waals surface area contributed by atoms with Gasteiger partial charge in [-0.2, -0.15) is 10.2 Å². The van der Waals surface area contributed by atoms with E-state index in [4.69, 9.17) is 22.7 Å². The molecule has 0 aliphatic rings. The van der Waals surface area contributed by atoms with Gasteiger partial charge < -0.3 is 15.8 Å². The van der Waals surface area contributed by atoms with Gasteiger partial charge in [0.15, 0.2) is 10.2 Å². The molecule has 9 heteroatoms. The molecule has 0 unspecified atom stereocenters. The normalized spacial score (nSPS) is 11.1. The topological polar surface area (TPSA) is 96.1 Å². The molecule has 1 aromatic carbocycles. The summed E-state index contributed by atoms with van der Waals surface area (Å²) in [6, 6.07) is 7.69. The number of benzene rings is 1. The molecule has 0 fully saturated rings. The highest BCUT2D eigenvalue weighted by Gasteiger charge is 1.96. The lowest BCUT2D eigenvalue weighted by atomic mass is 10.2. The Bertz CT molecular complexity index is 570. The maximum Gasteiger partial charge on any atom is 0.187 e. The van der Waals surface area contributed by atoms with Crippen molar-refractivity contribution in [2.24, 2.45) is 15.9 Å². The van der Waals surface area contributed by atoms with E-state index in [0.717, 1.165) is 11.3 Å². The van der Waals surface area contributed by atoms with Gasteiger partial charge in [-0.15, -0.1) is 0 Å². The van der Waals surface area contributed by atoms with Crippen LogP contribution in [-0.4, -0.2) is 29.3 Å². The molecule has 118 valence electrons. The van der Waals surface area contributed by atoms with Crippen molar-refractivity contribution in [1.29, 1.82) is 0 Å². The van der Waals surface area contributed by atoms with E-state index in [0.29, 0.717) is 17.4 Å². The lowest BCUT2D eigenvalue weighted by Gasteiger charge is -2.07. The number of ether oxygens (including phenoxy) is 1. The van der Waals surface area contributed by atoms with Crippen molar-refractivity contribution >= 4 is 46.6 Å². The molecule has 1 rings (SSSR count). The summed E-state index contributed by atoms with van der Waals surface area (Å²) in [5, 5.41) is 11.3. The Kier molecular flexibility index (Phi) is 7.79. The van der Waals surface area contributed by atoms with Crippen LogP contribution >= 0.6 is 24.4 Å². The third-order valence-corrected chi connectivity index (χ3v) is 2.70. The third kappa shape index (κ3) is 7.50. The van der Waals surface area contributed by atoms with Crippen molar-refractivity contribution in [3.63, 3.8) is 0 Å². The van der Waals surface area contributed by atoms with Crippen LogP contribution in [0, 0.1) is 0 Å². The number of hydrogen-bond acceptors (Lipinski definition) is 5. The standard InChI is InChI=1S/C13H18N6OS2/c1-9(17-18-12(14)21)7-16-19-13(22)15-8-10-3-5-11(20-2)6-4-10/h3-7H,8H2,1-2H3,(H3,14,18,21)(H2,15,19,22)/b16-7+,17-9+. The fourth-order valence-electron chi connectivity index (χ4n) is 1.32. The van der Waals surface area contributed by atoms with Crippen LogP contribution in [0.1, 0.15) is 12.5 Å². The van der Waals surface area contributed by atoms with Crippen LogP contribution in [0.15, 0.2) is 34.5 Å². The summed E-state index contributed by atoms with van der Waals surface area (Å²) < 4.78 is 5.10. The van der Waals surface area contributed by atoms with Gasteiger partial charge in [0.25, 0.3) is 0 Å². The van der Waals surface area contributed by atoms with Crippen molar-refractivity contribution in [3.05, 3.63) is 29.8 Å². The van der Waals surface area contributed by atoms with Gasteiger partial charge in [-0.25, -0.2) is 0 Å². The minimum absolute atomic E-state index is 0.0948. The largest absolute Gasteiger partial charge is 0.497 e. The molecule has 22 heavy (non-hydrogen) atoms. The first-order valence-corrected chi connectivity index (χ1v) is 7.12. The average Bonchev–Trinajstić information content (AvgIpc) is 2.51. The molecule has 0 atom stereocenters. The maximum absolute atomic E-state index is 5.25. The first-order chi connectivity index (χ1) is 10.5. The van der Waals surface area contributed by atoms with E-state index in [1.807, 2.05) is 24.3 Å². The molecule has 0 radical (unpaired) electrons. The quantitative estimate of drug-likeness (QED) is 0.347. The highest BCUT2D eigenvalue weighted by Crippen LogP contribution is 2.10. The van der Waals surface area contributed by atoms with E-state index < -0.39 is 0 Å². The van der Waals surface area contributed by atoms with E-state index in [9.17, 15) is 0 Å². The lowest BCUT2D eigenvalue weighted by molar-refractivity contribution is 0.414. The average molecular weight is 338 g/mol. The molecular formula is C13H18N6OS2. The summed E-state index contributed by atoms with van der Waals surface area (Å²) in [5.74, 6) is 0.814. The fourth-order valence-corrected chi connectivity index (χ4v) is 1.49. The molecule has 0 spiro atoms. The molecule has 0 aliphatic carbocycles. The Morgan fingerprint density at radius 2 is 1.95 bits per heavy atom. The molecule has 5 N–H and O–H groups in total. The summed E-state index contributed by atoms with van der Waals surface area (Å²) in [5.41, 5.74) is 12.1. The van der Waals surface area contributed by atoms with Gasteiger partial charge in [-0.05, 0) is 49.1 Å². The minimum atomic E-state index is 0.0948. The number of methoxy groups -OCH3 is 1. The zero-order valence-electron chi connectivity index (χ0n) is 12.3. The number of thiocarbonyl (C=S) groups is 2. The van der Waals surface area contributed by atoms with E-state index >= 15 is 0 Å². The second-order valence-corrected chi connectivity index (χ2v) is 4.98. The Labute approximate surface area is 140 Å². The van der Waals surface area contributed by atoms with E-state index in [-0.39, 0.29) is 5.11 Å².